The summed E-state index contributed by atoms with van der Waals surface area (Å²) in [4.78, 5) is 2.31. The van der Waals surface area contributed by atoms with E-state index in [0.29, 0.717) is 18.6 Å². The lowest BCUT2D eigenvalue weighted by atomic mass is 10.0. The van der Waals surface area contributed by atoms with Crippen molar-refractivity contribution in [3.8, 4) is 0 Å². The normalized spacial score (nSPS) is 24.7. The molecule has 0 saturated carbocycles. The highest BCUT2D eigenvalue weighted by atomic mass is 32.2. The average molecular weight is 296 g/mol. The molecule has 2 rings (SSSR count). The second-order valence-corrected chi connectivity index (χ2v) is 7.82. The molecule has 1 aliphatic rings. The van der Waals surface area contributed by atoms with Gasteiger partial charge in [0, 0.05) is 38.0 Å². The molecule has 0 radical (unpaired) electrons. The molecular formula is C15H24N2O2S. The zero-order valence-corrected chi connectivity index (χ0v) is 13.1. The number of benzene rings is 1. The maximum absolute atomic E-state index is 11.4. The fraction of sp³-hybridized carbons (Fsp3) is 0.600. The first-order chi connectivity index (χ1) is 9.49. The van der Waals surface area contributed by atoms with Crippen LogP contribution in [-0.4, -0.2) is 51.0 Å². The van der Waals surface area contributed by atoms with Crippen molar-refractivity contribution in [3.05, 3.63) is 35.9 Å². The molecule has 1 saturated heterocycles. The minimum Gasteiger partial charge on any atom is -0.307 e. The van der Waals surface area contributed by atoms with Crippen molar-refractivity contribution in [1.82, 2.24) is 10.2 Å². The van der Waals surface area contributed by atoms with Crippen LogP contribution in [0.2, 0.25) is 0 Å². The monoisotopic (exact) mass is 296 g/mol. The van der Waals surface area contributed by atoms with Gasteiger partial charge >= 0.3 is 0 Å². The van der Waals surface area contributed by atoms with E-state index in [0.717, 1.165) is 19.5 Å². The standard InChI is InChI=1S/C15H24N2O2S/c1-3-14-11-16-15(13-7-5-4-6-8-13)12-17(14)9-10-20(2,18)19/h4-8,14-16H,3,9-12H2,1-2H3. The van der Waals surface area contributed by atoms with E-state index in [1.807, 2.05) is 18.2 Å². The third-order valence-electron chi connectivity index (χ3n) is 3.96. The van der Waals surface area contributed by atoms with Crippen LogP contribution in [0.3, 0.4) is 0 Å². The Bertz CT molecular complexity index is 516. The van der Waals surface area contributed by atoms with Crippen LogP contribution in [0.4, 0.5) is 0 Å². The van der Waals surface area contributed by atoms with Crippen LogP contribution in [0.25, 0.3) is 0 Å². The third kappa shape index (κ3) is 4.30. The van der Waals surface area contributed by atoms with Crippen molar-refractivity contribution in [1.29, 1.82) is 0 Å². The number of rotatable bonds is 5. The number of hydrogen-bond donors (Lipinski definition) is 1. The topological polar surface area (TPSA) is 49.4 Å². The molecule has 1 heterocycles. The van der Waals surface area contributed by atoms with Gasteiger partial charge in [-0.2, -0.15) is 0 Å². The molecule has 1 aliphatic heterocycles. The summed E-state index contributed by atoms with van der Waals surface area (Å²) in [5.74, 6) is 0.241. The Morgan fingerprint density at radius 2 is 2.00 bits per heavy atom. The molecule has 1 N–H and O–H groups in total. The van der Waals surface area contributed by atoms with Crippen molar-refractivity contribution in [2.45, 2.75) is 25.4 Å². The Morgan fingerprint density at radius 3 is 2.60 bits per heavy atom. The van der Waals surface area contributed by atoms with E-state index in [-0.39, 0.29) is 5.75 Å². The van der Waals surface area contributed by atoms with Crippen LogP contribution >= 0.6 is 0 Å². The molecule has 4 nitrogen and oxygen atoms in total. The number of hydrogen-bond acceptors (Lipinski definition) is 4. The number of nitrogens with one attached hydrogen (secondary N) is 1. The van der Waals surface area contributed by atoms with Gasteiger partial charge in [0.25, 0.3) is 0 Å². The largest absolute Gasteiger partial charge is 0.307 e. The van der Waals surface area contributed by atoms with Crippen molar-refractivity contribution < 1.29 is 8.42 Å². The van der Waals surface area contributed by atoms with Gasteiger partial charge in [-0.1, -0.05) is 37.3 Å². The molecule has 20 heavy (non-hydrogen) atoms. The van der Waals surface area contributed by atoms with Crippen molar-refractivity contribution in [2.24, 2.45) is 0 Å². The summed E-state index contributed by atoms with van der Waals surface area (Å²) < 4.78 is 22.8. The Kier molecular flexibility index (Phi) is 5.18. The fourth-order valence-electron chi connectivity index (χ4n) is 2.72. The Balaban J connectivity index is 2.03. The summed E-state index contributed by atoms with van der Waals surface area (Å²) in [6.07, 6.45) is 2.35. The molecular weight excluding hydrogens is 272 g/mol. The molecule has 0 spiro atoms. The third-order valence-corrected chi connectivity index (χ3v) is 4.88. The van der Waals surface area contributed by atoms with E-state index in [2.05, 4.69) is 29.3 Å². The zero-order valence-electron chi connectivity index (χ0n) is 12.2. The van der Waals surface area contributed by atoms with Gasteiger partial charge in [-0.3, -0.25) is 4.90 Å². The van der Waals surface area contributed by atoms with Crippen LogP contribution in [0.1, 0.15) is 24.9 Å². The minimum absolute atomic E-state index is 0.241. The molecule has 1 fully saturated rings. The lowest BCUT2D eigenvalue weighted by molar-refractivity contribution is 0.134. The van der Waals surface area contributed by atoms with Gasteiger partial charge in [-0.15, -0.1) is 0 Å². The van der Waals surface area contributed by atoms with Crippen molar-refractivity contribution in [3.63, 3.8) is 0 Å². The van der Waals surface area contributed by atoms with Gasteiger partial charge < -0.3 is 5.32 Å². The summed E-state index contributed by atoms with van der Waals surface area (Å²) in [5.41, 5.74) is 1.27. The molecule has 0 amide bonds. The van der Waals surface area contributed by atoms with Gasteiger partial charge in [-0.05, 0) is 12.0 Å². The van der Waals surface area contributed by atoms with E-state index < -0.39 is 9.84 Å². The maximum atomic E-state index is 11.4. The fourth-order valence-corrected chi connectivity index (χ4v) is 3.29. The second-order valence-electron chi connectivity index (χ2n) is 5.56. The lowest BCUT2D eigenvalue weighted by Crippen LogP contribution is -2.53. The molecule has 2 unspecified atom stereocenters. The van der Waals surface area contributed by atoms with Gasteiger partial charge in [0.2, 0.25) is 0 Å². The first-order valence-corrected chi connectivity index (χ1v) is 9.25. The Labute approximate surface area is 122 Å². The predicted molar refractivity (Wildman–Crippen MR) is 82.5 cm³/mol. The van der Waals surface area contributed by atoms with E-state index in [9.17, 15) is 8.42 Å². The summed E-state index contributed by atoms with van der Waals surface area (Å²) >= 11 is 0. The summed E-state index contributed by atoms with van der Waals surface area (Å²) in [6, 6.07) is 11.1. The molecule has 0 aromatic heterocycles. The van der Waals surface area contributed by atoms with Gasteiger partial charge in [0.05, 0.1) is 5.75 Å². The van der Waals surface area contributed by atoms with Crippen molar-refractivity contribution >= 4 is 9.84 Å². The smallest absolute Gasteiger partial charge is 0.148 e. The zero-order chi connectivity index (χ0) is 14.6. The molecule has 1 aromatic carbocycles. The Morgan fingerprint density at radius 1 is 1.30 bits per heavy atom. The van der Waals surface area contributed by atoms with Crippen LogP contribution in [0, 0.1) is 0 Å². The quantitative estimate of drug-likeness (QED) is 0.893. The number of nitrogens with zero attached hydrogens (tertiary/aromatic N) is 1. The van der Waals surface area contributed by atoms with E-state index in [4.69, 9.17) is 0 Å². The first-order valence-electron chi connectivity index (χ1n) is 7.19. The highest BCUT2D eigenvalue weighted by Crippen LogP contribution is 2.20. The van der Waals surface area contributed by atoms with Crippen LogP contribution < -0.4 is 5.32 Å². The maximum Gasteiger partial charge on any atom is 0.148 e. The summed E-state index contributed by atoms with van der Waals surface area (Å²) in [5, 5.41) is 3.57. The van der Waals surface area contributed by atoms with Gasteiger partial charge in [0.1, 0.15) is 9.84 Å². The highest BCUT2D eigenvalue weighted by Gasteiger charge is 2.27. The van der Waals surface area contributed by atoms with Gasteiger partial charge in [0.15, 0.2) is 0 Å². The second kappa shape index (κ2) is 6.70. The van der Waals surface area contributed by atoms with Crippen LogP contribution in [0.5, 0.6) is 0 Å². The lowest BCUT2D eigenvalue weighted by Gasteiger charge is -2.40. The molecule has 2 atom stereocenters. The predicted octanol–water partition coefficient (Wildman–Crippen LogP) is 1.46. The van der Waals surface area contributed by atoms with E-state index in [1.54, 1.807) is 0 Å². The highest BCUT2D eigenvalue weighted by molar-refractivity contribution is 7.90. The van der Waals surface area contributed by atoms with Gasteiger partial charge in [-0.25, -0.2) is 8.42 Å². The molecule has 0 aliphatic carbocycles. The van der Waals surface area contributed by atoms with Crippen LogP contribution in [-0.2, 0) is 9.84 Å². The van der Waals surface area contributed by atoms with Crippen LogP contribution in [0.15, 0.2) is 30.3 Å². The molecule has 112 valence electrons. The van der Waals surface area contributed by atoms with E-state index in [1.165, 1.54) is 11.8 Å². The van der Waals surface area contributed by atoms with Crippen molar-refractivity contribution in [2.75, 3.05) is 31.6 Å². The Hall–Kier alpha value is -0.910. The van der Waals surface area contributed by atoms with E-state index >= 15 is 0 Å². The molecule has 0 bridgehead atoms. The molecule has 5 heteroatoms. The molecule has 1 aromatic rings. The number of piperazine rings is 1. The summed E-state index contributed by atoms with van der Waals surface area (Å²) in [6.45, 7) is 4.57. The SMILES string of the molecule is CCC1CNC(c2ccccc2)CN1CCS(C)(=O)=O. The number of sulfone groups is 1. The minimum atomic E-state index is -2.90. The average Bonchev–Trinajstić information content (AvgIpc) is 2.45. The first kappa shape index (κ1) is 15.5. The summed E-state index contributed by atoms with van der Waals surface area (Å²) in [7, 11) is -2.90.